The summed E-state index contributed by atoms with van der Waals surface area (Å²) in [7, 11) is 0. The molecule has 1 fully saturated rings. The van der Waals surface area contributed by atoms with Crippen LogP contribution in [0.4, 0.5) is 0 Å². The summed E-state index contributed by atoms with van der Waals surface area (Å²) in [5, 5.41) is 10.1. The van der Waals surface area contributed by atoms with Crippen LogP contribution in [0.5, 0.6) is 0 Å². The molecule has 2 atom stereocenters. The van der Waals surface area contributed by atoms with Gasteiger partial charge in [0.05, 0.1) is 12.7 Å². The molecule has 0 saturated carbocycles. The van der Waals surface area contributed by atoms with E-state index in [9.17, 15) is 5.11 Å². The number of hydrogen-bond acceptors (Lipinski definition) is 3. The molecule has 0 aliphatic carbocycles. The Bertz CT molecular complexity index is 304. The minimum absolute atomic E-state index is 0.0496. The Kier molecular flexibility index (Phi) is 3.67. The Morgan fingerprint density at radius 3 is 2.73 bits per heavy atom. The molecule has 1 aromatic carbocycles. The van der Waals surface area contributed by atoms with Gasteiger partial charge in [-0.3, -0.25) is 0 Å². The third kappa shape index (κ3) is 2.74. The summed E-state index contributed by atoms with van der Waals surface area (Å²) >= 11 is 1.84. The van der Waals surface area contributed by atoms with E-state index in [2.05, 4.69) is 0 Å². The van der Waals surface area contributed by atoms with Crippen LogP contribution >= 0.6 is 11.8 Å². The van der Waals surface area contributed by atoms with Gasteiger partial charge in [0, 0.05) is 11.5 Å². The molecule has 0 amide bonds. The zero-order chi connectivity index (χ0) is 10.7. The molecule has 2 nitrogen and oxygen atoms in total. The van der Waals surface area contributed by atoms with Crippen molar-refractivity contribution >= 4 is 11.8 Å². The first-order chi connectivity index (χ1) is 7.27. The second kappa shape index (κ2) is 5.01. The Labute approximate surface area is 94.6 Å². The standard InChI is InChI=1S/C12H16O2S/c1-9-2-4-10(5-3-9)12(13)11-8-15-7-6-14-11/h2-5,11-13H,6-8H2,1H3. The Morgan fingerprint density at radius 2 is 2.13 bits per heavy atom. The first kappa shape index (κ1) is 11.0. The Balaban J connectivity index is 2.05. The summed E-state index contributed by atoms with van der Waals surface area (Å²) in [6.45, 7) is 2.79. The molecule has 1 aliphatic rings. The van der Waals surface area contributed by atoms with Crippen molar-refractivity contribution in [3.05, 3.63) is 35.4 Å². The van der Waals surface area contributed by atoms with Crippen LogP contribution in [0.25, 0.3) is 0 Å². The van der Waals surface area contributed by atoms with E-state index in [1.807, 2.05) is 43.0 Å². The average Bonchev–Trinajstić information content (AvgIpc) is 2.30. The van der Waals surface area contributed by atoms with Gasteiger partial charge in [-0.15, -0.1) is 0 Å². The maximum absolute atomic E-state index is 10.1. The molecule has 0 spiro atoms. The zero-order valence-electron chi connectivity index (χ0n) is 8.85. The van der Waals surface area contributed by atoms with Crippen LogP contribution < -0.4 is 0 Å². The number of aryl methyl sites for hydroxylation is 1. The van der Waals surface area contributed by atoms with E-state index in [-0.39, 0.29) is 6.10 Å². The SMILES string of the molecule is Cc1ccc(C(O)C2CSCCO2)cc1. The second-order valence-corrected chi connectivity index (χ2v) is 4.99. The van der Waals surface area contributed by atoms with E-state index < -0.39 is 6.10 Å². The zero-order valence-corrected chi connectivity index (χ0v) is 9.67. The molecule has 1 aromatic rings. The summed E-state index contributed by atoms with van der Waals surface area (Å²) < 4.78 is 5.55. The molecule has 0 radical (unpaired) electrons. The van der Waals surface area contributed by atoms with Crippen LogP contribution in [0.1, 0.15) is 17.2 Å². The number of hydrogen-bond donors (Lipinski definition) is 1. The minimum Gasteiger partial charge on any atom is -0.386 e. The maximum Gasteiger partial charge on any atom is 0.106 e. The van der Waals surface area contributed by atoms with E-state index >= 15 is 0 Å². The molecule has 15 heavy (non-hydrogen) atoms. The lowest BCUT2D eigenvalue weighted by Gasteiger charge is -2.27. The number of benzene rings is 1. The first-order valence-corrected chi connectivity index (χ1v) is 6.37. The van der Waals surface area contributed by atoms with Crippen LogP contribution in [0.15, 0.2) is 24.3 Å². The molecule has 1 saturated heterocycles. The molecular formula is C12H16O2S. The first-order valence-electron chi connectivity index (χ1n) is 5.21. The van der Waals surface area contributed by atoms with E-state index in [1.54, 1.807) is 0 Å². The quantitative estimate of drug-likeness (QED) is 0.834. The van der Waals surface area contributed by atoms with Gasteiger partial charge >= 0.3 is 0 Å². The van der Waals surface area contributed by atoms with Crippen molar-refractivity contribution < 1.29 is 9.84 Å². The van der Waals surface area contributed by atoms with Gasteiger partial charge in [-0.2, -0.15) is 11.8 Å². The van der Waals surface area contributed by atoms with Crippen molar-refractivity contribution in [2.75, 3.05) is 18.1 Å². The van der Waals surface area contributed by atoms with Gasteiger partial charge in [-0.05, 0) is 12.5 Å². The smallest absolute Gasteiger partial charge is 0.106 e. The molecule has 1 aliphatic heterocycles. The van der Waals surface area contributed by atoms with Crippen LogP contribution in [0.2, 0.25) is 0 Å². The monoisotopic (exact) mass is 224 g/mol. The van der Waals surface area contributed by atoms with E-state index in [0.717, 1.165) is 23.7 Å². The second-order valence-electron chi connectivity index (χ2n) is 3.84. The predicted octanol–water partition coefficient (Wildman–Crippen LogP) is 2.16. The van der Waals surface area contributed by atoms with Gasteiger partial charge in [0.15, 0.2) is 0 Å². The fourth-order valence-electron chi connectivity index (χ4n) is 1.67. The maximum atomic E-state index is 10.1. The van der Waals surface area contributed by atoms with Gasteiger partial charge in [0.25, 0.3) is 0 Å². The van der Waals surface area contributed by atoms with Crippen LogP contribution in [0, 0.1) is 6.92 Å². The largest absolute Gasteiger partial charge is 0.386 e. The van der Waals surface area contributed by atoms with Gasteiger partial charge in [-0.1, -0.05) is 29.8 Å². The lowest BCUT2D eigenvalue weighted by molar-refractivity contribution is -0.0227. The van der Waals surface area contributed by atoms with Crippen molar-refractivity contribution in [2.24, 2.45) is 0 Å². The normalized spacial score (nSPS) is 23.7. The number of aliphatic hydroxyl groups excluding tert-OH is 1. The predicted molar refractivity (Wildman–Crippen MR) is 63.2 cm³/mol. The van der Waals surface area contributed by atoms with Crippen LogP contribution in [-0.4, -0.2) is 29.3 Å². The highest BCUT2D eigenvalue weighted by Gasteiger charge is 2.23. The average molecular weight is 224 g/mol. The van der Waals surface area contributed by atoms with Crippen LogP contribution in [0.3, 0.4) is 0 Å². The summed E-state index contributed by atoms with van der Waals surface area (Å²) in [4.78, 5) is 0. The molecule has 1 heterocycles. The highest BCUT2D eigenvalue weighted by molar-refractivity contribution is 7.99. The third-order valence-corrected chi connectivity index (χ3v) is 3.63. The molecular weight excluding hydrogens is 208 g/mol. The summed E-state index contributed by atoms with van der Waals surface area (Å²) in [6.07, 6.45) is -0.537. The molecule has 82 valence electrons. The lowest BCUT2D eigenvalue weighted by Crippen LogP contribution is -2.29. The summed E-state index contributed by atoms with van der Waals surface area (Å²) in [6, 6.07) is 7.99. The molecule has 0 bridgehead atoms. The van der Waals surface area contributed by atoms with Crippen molar-refractivity contribution in [3.63, 3.8) is 0 Å². The fraction of sp³-hybridized carbons (Fsp3) is 0.500. The van der Waals surface area contributed by atoms with Crippen molar-refractivity contribution in [3.8, 4) is 0 Å². The highest BCUT2D eigenvalue weighted by Crippen LogP contribution is 2.25. The highest BCUT2D eigenvalue weighted by atomic mass is 32.2. The van der Waals surface area contributed by atoms with Crippen molar-refractivity contribution in [1.82, 2.24) is 0 Å². The number of ether oxygens (including phenoxy) is 1. The fourth-order valence-corrected chi connectivity index (χ4v) is 2.56. The molecule has 0 aromatic heterocycles. The number of aliphatic hydroxyl groups is 1. The summed E-state index contributed by atoms with van der Waals surface area (Å²) in [5.74, 6) is 1.92. The summed E-state index contributed by atoms with van der Waals surface area (Å²) in [5.41, 5.74) is 2.16. The van der Waals surface area contributed by atoms with E-state index in [4.69, 9.17) is 4.74 Å². The molecule has 3 heteroatoms. The number of rotatable bonds is 2. The lowest BCUT2D eigenvalue weighted by atomic mass is 10.0. The van der Waals surface area contributed by atoms with E-state index in [1.165, 1.54) is 5.56 Å². The van der Waals surface area contributed by atoms with Gasteiger partial charge in [0.1, 0.15) is 6.10 Å². The molecule has 1 N–H and O–H groups in total. The van der Waals surface area contributed by atoms with Crippen LogP contribution in [-0.2, 0) is 4.74 Å². The Hall–Kier alpha value is -0.510. The van der Waals surface area contributed by atoms with Gasteiger partial charge < -0.3 is 9.84 Å². The van der Waals surface area contributed by atoms with Crippen molar-refractivity contribution in [1.29, 1.82) is 0 Å². The Morgan fingerprint density at radius 1 is 1.40 bits per heavy atom. The van der Waals surface area contributed by atoms with Gasteiger partial charge in [-0.25, -0.2) is 0 Å². The van der Waals surface area contributed by atoms with Gasteiger partial charge in [0.2, 0.25) is 0 Å². The molecule has 2 unspecified atom stereocenters. The van der Waals surface area contributed by atoms with E-state index in [0.29, 0.717) is 0 Å². The third-order valence-electron chi connectivity index (χ3n) is 2.61. The number of thioether (sulfide) groups is 1. The molecule has 2 rings (SSSR count). The van der Waals surface area contributed by atoms with Crippen molar-refractivity contribution in [2.45, 2.75) is 19.1 Å². The minimum atomic E-state index is -0.488. The topological polar surface area (TPSA) is 29.5 Å².